The Balaban J connectivity index is 2.20. The Morgan fingerprint density at radius 1 is 1.33 bits per heavy atom. The molecule has 0 amide bonds. The van der Waals surface area contributed by atoms with Crippen LogP contribution in [-0.4, -0.2) is 30.3 Å². The first kappa shape index (κ1) is 16.2. The first-order valence-electron chi connectivity index (χ1n) is 7.91. The molecule has 1 aromatic rings. The predicted molar refractivity (Wildman–Crippen MR) is 85.0 cm³/mol. The monoisotopic (exact) mass is 294 g/mol. The number of benzene rings is 1. The van der Waals surface area contributed by atoms with Crippen LogP contribution in [0.25, 0.3) is 0 Å². The van der Waals surface area contributed by atoms with Crippen molar-refractivity contribution in [1.82, 2.24) is 5.32 Å². The minimum atomic E-state index is -0.292. The van der Waals surface area contributed by atoms with Crippen molar-refractivity contribution in [3.05, 3.63) is 29.6 Å². The number of aliphatic hydroxyl groups excluding tert-OH is 1. The molecule has 0 aliphatic heterocycles. The highest BCUT2D eigenvalue weighted by molar-refractivity contribution is 5.54. The van der Waals surface area contributed by atoms with Crippen molar-refractivity contribution in [2.75, 3.05) is 11.9 Å². The lowest BCUT2D eigenvalue weighted by Gasteiger charge is -2.37. The molecule has 0 radical (unpaired) electrons. The molecule has 1 aromatic carbocycles. The van der Waals surface area contributed by atoms with Crippen molar-refractivity contribution in [1.29, 1.82) is 0 Å². The van der Waals surface area contributed by atoms with E-state index in [1.807, 2.05) is 13.1 Å². The van der Waals surface area contributed by atoms with Crippen molar-refractivity contribution < 1.29 is 9.50 Å². The first-order valence-corrected chi connectivity index (χ1v) is 7.91. The van der Waals surface area contributed by atoms with E-state index in [0.29, 0.717) is 12.6 Å². The quantitative estimate of drug-likeness (QED) is 0.876. The lowest BCUT2D eigenvalue weighted by Crippen LogP contribution is -2.44. The molecular weight excluding hydrogens is 267 g/mol. The number of halogens is 1. The van der Waals surface area contributed by atoms with Crippen molar-refractivity contribution in [3.63, 3.8) is 0 Å². The Labute approximate surface area is 127 Å². The van der Waals surface area contributed by atoms with Gasteiger partial charge in [0.2, 0.25) is 0 Å². The summed E-state index contributed by atoms with van der Waals surface area (Å²) in [6.45, 7) is 4.79. The number of nitrogens with zero attached hydrogens (tertiary/aromatic N) is 1. The van der Waals surface area contributed by atoms with E-state index in [-0.39, 0.29) is 18.0 Å². The maximum Gasteiger partial charge on any atom is 0.123 e. The van der Waals surface area contributed by atoms with Crippen molar-refractivity contribution in [2.45, 2.75) is 64.3 Å². The molecule has 2 N–H and O–H groups in total. The van der Waals surface area contributed by atoms with E-state index in [9.17, 15) is 9.50 Å². The molecule has 4 heteroatoms. The summed E-state index contributed by atoms with van der Waals surface area (Å²) in [5.41, 5.74) is 1.96. The third-order valence-corrected chi connectivity index (χ3v) is 4.31. The van der Waals surface area contributed by atoms with E-state index in [4.69, 9.17) is 0 Å². The van der Waals surface area contributed by atoms with E-state index in [2.05, 4.69) is 24.1 Å². The maximum absolute atomic E-state index is 13.6. The molecule has 1 fully saturated rings. The smallest absolute Gasteiger partial charge is 0.123 e. The fraction of sp³-hybridized carbons (Fsp3) is 0.647. The molecule has 0 spiro atoms. The molecule has 0 saturated heterocycles. The number of likely N-dealkylation sites (N-methyl/N-ethyl adjacent to an activating group) is 1. The predicted octanol–water partition coefficient (Wildman–Crippen LogP) is 3.06. The highest BCUT2D eigenvalue weighted by Gasteiger charge is 2.27. The Morgan fingerprint density at radius 2 is 2.05 bits per heavy atom. The topological polar surface area (TPSA) is 35.5 Å². The van der Waals surface area contributed by atoms with Crippen LogP contribution in [0.15, 0.2) is 18.2 Å². The minimum Gasteiger partial charge on any atom is -0.391 e. The molecule has 2 rings (SSSR count). The Morgan fingerprint density at radius 3 is 2.71 bits per heavy atom. The fourth-order valence-electron chi connectivity index (χ4n) is 3.08. The van der Waals surface area contributed by atoms with Crippen LogP contribution in [0.1, 0.15) is 45.1 Å². The summed E-state index contributed by atoms with van der Waals surface area (Å²) in [5.74, 6) is -0.211. The van der Waals surface area contributed by atoms with Gasteiger partial charge in [0.05, 0.1) is 12.1 Å². The van der Waals surface area contributed by atoms with Gasteiger partial charge in [-0.1, -0.05) is 26.7 Å². The zero-order valence-corrected chi connectivity index (χ0v) is 13.3. The van der Waals surface area contributed by atoms with Crippen LogP contribution in [0.5, 0.6) is 0 Å². The zero-order chi connectivity index (χ0) is 15.4. The van der Waals surface area contributed by atoms with E-state index in [1.165, 1.54) is 6.07 Å². The van der Waals surface area contributed by atoms with Gasteiger partial charge in [0.1, 0.15) is 5.82 Å². The highest BCUT2D eigenvalue weighted by atomic mass is 19.1. The summed E-state index contributed by atoms with van der Waals surface area (Å²) in [5, 5.41) is 13.6. The second-order valence-electron chi connectivity index (χ2n) is 6.34. The van der Waals surface area contributed by atoms with Crippen LogP contribution >= 0.6 is 0 Å². The maximum atomic E-state index is 13.6. The molecule has 2 atom stereocenters. The minimum absolute atomic E-state index is 0.127. The van der Waals surface area contributed by atoms with Crippen LogP contribution in [-0.2, 0) is 6.54 Å². The number of nitrogens with one attached hydrogen (secondary N) is 1. The number of aliphatic hydroxyl groups is 1. The van der Waals surface area contributed by atoms with Crippen molar-refractivity contribution in [3.8, 4) is 0 Å². The number of hydrogen-bond acceptors (Lipinski definition) is 3. The highest BCUT2D eigenvalue weighted by Crippen LogP contribution is 2.29. The van der Waals surface area contributed by atoms with Gasteiger partial charge < -0.3 is 15.3 Å². The van der Waals surface area contributed by atoms with Gasteiger partial charge in [-0.2, -0.15) is 0 Å². The van der Waals surface area contributed by atoms with Gasteiger partial charge in [0, 0.05) is 25.3 Å². The van der Waals surface area contributed by atoms with Crippen LogP contribution < -0.4 is 10.2 Å². The molecule has 1 aliphatic rings. The van der Waals surface area contributed by atoms with Crippen molar-refractivity contribution >= 4 is 5.69 Å². The van der Waals surface area contributed by atoms with Crippen LogP contribution in [0, 0.1) is 5.82 Å². The molecule has 3 nitrogen and oxygen atoms in total. The summed E-state index contributed by atoms with van der Waals surface area (Å²) in [7, 11) is 2.01. The molecular formula is C17H27FN2O. The molecule has 0 bridgehead atoms. The second-order valence-corrected chi connectivity index (χ2v) is 6.34. The summed E-state index contributed by atoms with van der Waals surface area (Å²) in [4.78, 5) is 2.13. The molecule has 0 aromatic heterocycles. The number of rotatable bonds is 5. The second kappa shape index (κ2) is 7.23. The van der Waals surface area contributed by atoms with E-state index in [1.54, 1.807) is 6.07 Å². The normalized spacial score (nSPS) is 22.6. The fourth-order valence-corrected chi connectivity index (χ4v) is 3.08. The van der Waals surface area contributed by atoms with Gasteiger partial charge in [0.25, 0.3) is 0 Å². The average molecular weight is 294 g/mol. The van der Waals surface area contributed by atoms with Gasteiger partial charge in [-0.3, -0.25) is 0 Å². The van der Waals surface area contributed by atoms with Gasteiger partial charge in [-0.15, -0.1) is 0 Å². The Hall–Kier alpha value is -1.13. The molecule has 0 heterocycles. The summed E-state index contributed by atoms with van der Waals surface area (Å²) in [6.07, 6.45) is 3.80. The molecule has 2 unspecified atom stereocenters. The molecule has 21 heavy (non-hydrogen) atoms. The van der Waals surface area contributed by atoms with Crippen LogP contribution in [0.3, 0.4) is 0 Å². The van der Waals surface area contributed by atoms with E-state index in [0.717, 1.165) is 36.9 Å². The van der Waals surface area contributed by atoms with Gasteiger partial charge in [-0.05, 0) is 36.6 Å². The molecule has 1 saturated carbocycles. The standard InChI is InChI=1S/C17H27FN2O/c1-12(2)19-11-13-10-14(18)8-9-15(13)20(3)16-6-4-5-7-17(16)21/h8-10,12,16-17,19,21H,4-7,11H2,1-3H3. The van der Waals surface area contributed by atoms with Crippen LogP contribution in [0.4, 0.5) is 10.1 Å². The van der Waals surface area contributed by atoms with Crippen molar-refractivity contribution in [2.24, 2.45) is 0 Å². The Kier molecular flexibility index (Phi) is 5.59. The summed E-state index contributed by atoms with van der Waals surface area (Å²) >= 11 is 0. The first-order chi connectivity index (χ1) is 9.99. The van der Waals surface area contributed by atoms with Gasteiger partial charge in [0.15, 0.2) is 0 Å². The molecule has 118 valence electrons. The van der Waals surface area contributed by atoms with Crippen LogP contribution in [0.2, 0.25) is 0 Å². The SMILES string of the molecule is CC(C)NCc1cc(F)ccc1N(C)C1CCCCC1O. The Bertz CT molecular complexity index is 464. The largest absolute Gasteiger partial charge is 0.391 e. The number of anilines is 1. The average Bonchev–Trinajstić information content (AvgIpc) is 2.45. The van der Waals surface area contributed by atoms with E-state index < -0.39 is 0 Å². The third kappa shape index (κ3) is 4.17. The van der Waals surface area contributed by atoms with Gasteiger partial charge >= 0.3 is 0 Å². The lowest BCUT2D eigenvalue weighted by atomic mass is 9.91. The third-order valence-electron chi connectivity index (χ3n) is 4.31. The summed E-state index contributed by atoms with van der Waals surface area (Å²) in [6, 6.07) is 5.40. The number of hydrogen-bond donors (Lipinski definition) is 2. The summed E-state index contributed by atoms with van der Waals surface area (Å²) < 4.78 is 13.6. The zero-order valence-electron chi connectivity index (χ0n) is 13.3. The van der Waals surface area contributed by atoms with Gasteiger partial charge in [-0.25, -0.2) is 4.39 Å². The molecule has 1 aliphatic carbocycles. The lowest BCUT2D eigenvalue weighted by molar-refractivity contribution is 0.106. The van der Waals surface area contributed by atoms with E-state index >= 15 is 0 Å².